The van der Waals surface area contributed by atoms with Crippen molar-refractivity contribution in [2.75, 3.05) is 18.4 Å². The molecule has 98 valence electrons. The van der Waals surface area contributed by atoms with Crippen molar-refractivity contribution >= 4 is 34.6 Å². The Morgan fingerprint density at radius 1 is 1.50 bits per heavy atom. The second-order valence-corrected chi connectivity index (χ2v) is 5.91. The second kappa shape index (κ2) is 5.89. The molecular formula is C14H19ClN2S. The maximum Gasteiger partial charge on any atom is 0.173 e. The van der Waals surface area contributed by atoms with Crippen molar-refractivity contribution in [1.82, 2.24) is 4.90 Å². The zero-order valence-corrected chi connectivity index (χ0v) is 12.4. The fourth-order valence-electron chi connectivity index (χ4n) is 2.34. The zero-order valence-electron chi connectivity index (χ0n) is 10.9. The van der Waals surface area contributed by atoms with Gasteiger partial charge in [0.05, 0.1) is 0 Å². The summed E-state index contributed by atoms with van der Waals surface area (Å²) in [6.07, 6.45) is 2.53. The number of benzene rings is 1. The molecule has 0 bridgehead atoms. The highest BCUT2D eigenvalue weighted by molar-refractivity contribution is 7.80. The zero-order chi connectivity index (χ0) is 13.1. The molecule has 0 radical (unpaired) electrons. The van der Waals surface area contributed by atoms with Crippen LogP contribution in [-0.2, 0) is 0 Å². The van der Waals surface area contributed by atoms with Gasteiger partial charge in [0.1, 0.15) is 0 Å². The molecule has 1 N–H and O–H groups in total. The lowest BCUT2D eigenvalue weighted by atomic mass is 10.0. The first-order valence-corrected chi connectivity index (χ1v) is 7.17. The molecule has 1 atom stereocenters. The largest absolute Gasteiger partial charge is 0.349 e. The van der Waals surface area contributed by atoms with E-state index in [9.17, 15) is 0 Å². The number of halogens is 1. The number of hydrogen-bond acceptors (Lipinski definition) is 1. The first-order valence-electron chi connectivity index (χ1n) is 6.38. The standard InChI is InChI=1S/C14H19ClN2S/c1-10-4-3-7-17(9-10)14(18)16-13-6-5-12(15)8-11(13)2/h5-6,8,10H,3-4,7,9H2,1-2H3,(H,16,18)/t10-/m1/s1. The predicted molar refractivity (Wildman–Crippen MR) is 82.4 cm³/mol. The summed E-state index contributed by atoms with van der Waals surface area (Å²) in [6, 6.07) is 5.82. The van der Waals surface area contributed by atoms with Gasteiger partial charge in [0, 0.05) is 23.8 Å². The van der Waals surface area contributed by atoms with Crippen LogP contribution in [0, 0.1) is 12.8 Å². The quantitative estimate of drug-likeness (QED) is 0.782. The Morgan fingerprint density at radius 3 is 2.94 bits per heavy atom. The monoisotopic (exact) mass is 282 g/mol. The van der Waals surface area contributed by atoms with Crippen LogP contribution in [0.15, 0.2) is 18.2 Å². The molecular weight excluding hydrogens is 264 g/mol. The molecule has 0 aliphatic carbocycles. The van der Waals surface area contributed by atoms with E-state index in [0.29, 0.717) is 0 Å². The lowest BCUT2D eigenvalue weighted by Gasteiger charge is -2.33. The number of nitrogens with zero attached hydrogens (tertiary/aromatic N) is 1. The molecule has 0 spiro atoms. The number of anilines is 1. The highest BCUT2D eigenvalue weighted by Gasteiger charge is 2.18. The molecule has 1 aromatic rings. The van der Waals surface area contributed by atoms with Crippen LogP contribution in [0.5, 0.6) is 0 Å². The van der Waals surface area contributed by atoms with Crippen LogP contribution in [-0.4, -0.2) is 23.1 Å². The normalized spacial score (nSPS) is 19.7. The highest BCUT2D eigenvalue weighted by Crippen LogP contribution is 2.21. The molecule has 2 nitrogen and oxygen atoms in total. The van der Waals surface area contributed by atoms with Crippen LogP contribution in [0.3, 0.4) is 0 Å². The van der Waals surface area contributed by atoms with Crippen LogP contribution in [0.2, 0.25) is 5.02 Å². The summed E-state index contributed by atoms with van der Waals surface area (Å²) in [7, 11) is 0. The van der Waals surface area contributed by atoms with Crippen molar-refractivity contribution in [1.29, 1.82) is 0 Å². The molecule has 2 rings (SSSR count). The third kappa shape index (κ3) is 3.36. The Hall–Kier alpha value is -0.800. The minimum absolute atomic E-state index is 0.727. The second-order valence-electron chi connectivity index (χ2n) is 5.08. The fourth-order valence-corrected chi connectivity index (χ4v) is 2.84. The van der Waals surface area contributed by atoms with Crippen molar-refractivity contribution in [3.63, 3.8) is 0 Å². The summed E-state index contributed by atoms with van der Waals surface area (Å²) in [4.78, 5) is 2.26. The van der Waals surface area contributed by atoms with E-state index in [1.54, 1.807) is 0 Å². The molecule has 1 fully saturated rings. The predicted octanol–water partition coefficient (Wildman–Crippen LogP) is 4.08. The molecule has 1 heterocycles. The number of thiocarbonyl (C=S) groups is 1. The summed E-state index contributed by atoms with van der Waals surface area (Å²) in [5.74, 6) is 0.727. The number of hydrogen-bond donors (Lipinski definition) is 1. The van der Waals surface area contributed by atoms with Crippen molar-refractivity contribution in [3.05, 3.63) is 28.8 Å². The summed E-state index contributed by atoms with van der Waals surface area (Å²) < 4.78 is 0. The summed E-state index contributed by atoms with van der Waals surface area (Å²) in [5.41, 5.74) is 2.16. The van der Waals surface area contributed by atoms with Crippen LogP contribution < -0.4 is 5.32 Å². The van der Waals surface area contributed by atoms with Gasteiger partial charge in [-0.25, -0.2) is 0 Å². The maximum atomic E-state index is 5.95. The number of aryl methyl sites for hydroxylation is 1. The van der Waals surface area contributed by atoms with Gasteiger partial charge in [0.25, 0.3) is 0 Å². The van der Waals surface area contributed by atoms with Gasteiger partial charge in [-0.05, 0) is 61.7 Å². The van der Waals surface area contributed by atoms with Gasteiger partial charge in [-0.1, -0.05) is 18.5 Å². The average Bonchev–Trinajstić information content (AvgIpc) is 2.32. The van der Waals surface area contributed by atoms with Gasteiger partial charge in [0.2, 0.25) is 0 Å². The van der Waals surface area contributed by atoms with E-state index in [1.165, 1.54) is 12.8 Å². The molecule has 1 saturated heterocycles. The van der Waals surface area contributed by atoms with E-state index in [1.807, 2.05) is 25.1 Å². The Balaban J connectivity index is 2.02. The first-order chi connectivity index (χ1) is 8.56. The molecule has 0 amide bonds. The van der Waals surface area contributed by atoms with Crippen molar-refractivity contribution in [2.24, 2.45) is 5.92 Å². The molecule has 18 heavy (non-hydrogen) atoms. The SMILES string of the molecule is Cc1cc(Cl)ccc1NC(=S)N1CCC[C@@H](C)C1. The van der Waals surface area contributed by atoms with Crippen molar-refractivity contribution in [2.45, 2.75) is 26.7 Å². The van der Waals surface area contributed by atoms with Crippen LogP contribution in [0.25, 0.3) is 0 Å². The number of likely N-dealkylation sites (tertiary alicyclic amines) is 1. The van der Waals surface area contributed by atoms with E-state index in [4.69, 9.17) is 23.8 Å². The van der Waals surface area contributed by atoms with E-state index in [0.717, 1.165) is 40.4 Å². The Labute approximate surface area is 119 Å². The summed E-state index contributed by atoms with van der Waals surface area (Å²) >= 11 is 11.4. The molecule has 1 aliphatic heterocycles. The molecule has 1 aromatic carbocycles. The van der Waals surface area contributed by atoms with E-state index in [2.05, 4.69) is 17.1 Å². The Bertz CT molecular complexity index is 447. The van der Waals surface area contributed by atoms with E-state index >= 15 is 0 Å². The minimum Gasteiger partial charge on any atom is -0.349 e. The van der Waals surface area contributed by atoms with Crippen molar-refractivity contribution < 1.29 is 0 Å². The molecule has 0 aromatic heterocycles. The maximum absolute atomic E-state index is 5.95. The van der Waals surface area contributed by atoms with Crippen LogP contribution >= 0.6 is 23.8 Å². The molecule has 0 unspecified atom stereocenters. The lowest BCUT2D eigenvalue weighted by Crippen LogP contribution is -2.41. The molecule has 4 heteroatoms. The lowest BCUT2D eigenvalue weighted by molar-refractivity contribution is 0.276. The first kappa shape index (κ1) is 13.6. The van der Waals surface area contributed by atoms with Gasteiger partial charge >= 0.3 is 0 Å². The van der Waals surface area contributed by atoms with Gasteiger partial charge in [-0.15, -0.1) is 0 Å². The third-order valence-corrected chi connectivity index (χ3v) is 3.97. The highest BCUT2D eigenvalue weighted by atomic mass is 35.5. The molecule has 1 aliphatic rings. The molecule has 0 saturated carbocycles. The third-order valence-electron chi connectivity index (χ3n) is 3.37. The van der Waals surface area contributed by atoms with Crippen LogP contribution in [0.1, 0.15) is 25.3 Å². The van der Waals surface area contributed by atoms with E-state index in [-0.39, 0.29) is 0 Å². The summed E-state index contributed by atoms with van der Waals surface area (Å²) in [5, 5.41) is 4.91. The van der Waals surface area contributed by atoms with Gasteiger partial charge in [0.15, 0.2) is 5.11 Å². The fraction of sp³-hybridized carbons (Fsp3) is 0.500. The Kier molecular flexibility index (Phi) is 4.46. The number of nitrogens with one attached hydrogen (secondary N) is 1. The minimum atomic E-state index is 0.727. The van der Waals surface area contributed by atoms with Crippen molar-refractivity contribution in [3.8, 4) is 0 Å². The van der Waals surface area contributed by atoms with Crippen LogP contribution in [0.4, 0.5) is 5.69 Å². The van der Waals surface area contributed by atoms with Gasteiger partial charge in [-0.3, -0.25) is 0 Å². The Morgan fingerprint density at radius 2 is 2.28 bits per heavy atom. The van der Waals surface area contributed by atoms with E-state index < -0.39 is 0 Å². The van der Waals surface area contributed by atoms with Gasteiger partial charge < -0.3 is 10.2 Å². The number of rotatable bonds is 1. The summed E-state index contributed by atoms with van der Waals surface area (Å²) in [6.45, 7) is 6.43. The smallest absolute Gasteiger partial charge is 0.173 e. The topological polar surface area (TPSA) is 15.3 Å². The number of piperidine rings is 1. The van der Waals surface area contributed by atoms with Gasteiger partial charge in [-0.2, -0.15) is 0 Å². The average molecular weight is 283 g/mol.